The first-order chi connectivity index (χ1) is 20.9. The van der Waals surface area contributed by atoms with Crippen LogP contribution >= 0.6 is 0 Å². The maximum Gasteiger partial charge on any atom is 0.433 e. The van der Waals surface area contributed by atoms with Crippen LogP contribution in [-0.2, 0) is 11.3 Å². The molecule has 6 rings (SSSR count). The minimum absolute atomic E-state index is 0.00211. The maximum absolute atomic E-state index is 11.4. The van der Waals surface area contributed by atoms with Gasteiger partial charge in [-0.2, -0.15) is 9.98 Å². The molecule has 43 heavy (non-hydrogen) atoms. The molecule has 3 aliphatic rings. The van der Waals surface area contributed by atoms with E-state index in [0.29, 0.717) is 43.1 Å². The van der Waals surface area contributed by atoms with Gasteiger partial charge in [-0.1, -0.05) is 62.9 Å². The molecule has 0 radical (unpaired) electrons. The van der Waals surface area contributed by atoms with Gasteiger partial charge in [0, 0.05) is 19.1 Å². The van der Waals surface area contributed by atoms with Crippen LogP contribution in [-0.4, -0.2) is 62.4 Å². The number of amidine groups is 1. The van der Waals surface area contributed by atoms with Crippen LogP contribution in [0.5, 0.6) is 0 Å². The van der Waals surface area contributed by atoms with Gasteiger partial charge < -0.3 is 30.4 Å². The first kappa shape index (κ1) is 29.3. The number of hydrogen-bond acceptors (Lipinski definition) is 7. The van der Waals surface area contributed by atoms with Crippen molar-refractivity contribution in [3.63, 3.8) is 0 Å². The Morgan fingerprint density at radius 2 is 1.86 bits per heavy atom. The van der Waals surface area contributed by atoms with Crippen molar-refractivity contribution < 1.29 is 14.6 Å². The van der Waals surface area contributed by atoms with Crippen molar-refractivity contribution in [1.29, 1.82) is 0 Å². The van der Waals surface area contributed by atoms with E-state index >= 15 is 0 Å². The van der Waals surface area contributed by atoms with Gasteiger partial charge in [0.15, 0.2) is 23.1 Å². The molecule has 2 atom stereocenters. The Balaban J connectivity index is 1.49. The smallest absolute Gasteiger partial charge is 0.433 e. The van der Waals surface area contributed by atoms with Crippen LogP contribution in [0.1, 0.15) is 82.6 Å². The van der Waals surface area contributed by atoms with Crippen molar-refractivity contribution in [3.05, 3.63) is 41.7 Å². The SMILES string of the molecule is CCC1CCC(Cn2c(N3CCOC[C@H]3c3ccccc3)nc3nc(/C(N)=N/C(=O)O)nc(N[C@H](C)C4CCC4)c32)CC1. The molecule has 1 saturated heterocycles. The fourth-order valence-corrected chi connectivity index (χ4v) is 6.93. The number of nitrogens with zero attached hydrogens (tertiary/aromatic N) is 6. The zero-order chi connectivity index (χ0) is 29.9. The monoisotopic (exact) mass is 588 g/mol. The van der Waals surface area contributed by atoms with Crippen LogP contribution in [0.15, 0.2) is 35.3 Å². The lowest BCUT2D eigenvalue weighted by Crippen LogP contribution is -2.41. The second kappa shape index (κ2) is 12.9. The normalized spacial score (nSPS) is 24.1. The lowest BCUT2D eigenvalue weighted by Gasteiger charge is -2.37. The fraction of sp³-hybridized carbons (Fsp3) is 0.594. The Bertz CT molecular complexity index is 1450. The minimum Gasteiger partial charge on any atom is -0.463 e. The Hall–Kier alpha value is -3.73. The molecule has 230 valence electrons. The topological polar surface area (TPSA) is 144 Å². The summed E-state index contributed by atoms with van der Waals surface area (Å²) in [5, 5.41) is 13.0. The predicted molar refractivity (Wildman–Crippen MR) is 168 cm³/mol. The lowest BCUT2D eigenvalue weighted by atomic mass is 9.80. The zero-order valence-corrected chi connectivity index (χ0v) is 25.3. The van der Waals surface area contributed by atoms with Crippen LogP contribution < -0.4 is 16.0 Å². The van der Waals surface area contributed by atoms with Gasteiger partial charge in [0.1, 0.15) is 5.52 Å². The molecule has 0 unspecified atom stereocenters. The molecule has 11 nitrogen and oxygen atoms in total. The molecule has 11 heteroatoms. The summed E-state index contributed by atoms with van der Waals surface area (Å²) in [5.41, 5.74) is 8.60. The van der Waals surface area contributed by atoms with Crippen LogP contribution in [0.4, 0.5) is 16.6 Å². The fourth-order valence-electron chi connectivity index (χ4n) is 6.93. The molecule has 3 aromatic rings. The number of morpholine rings is 1. The highest BCUT2D eigenvalue weighted by Gasteiger charge is 2.33. The number of nitrogens with one attached hydrogen (secondary N) is 1. The zero-order valence-electron chi connectivity index (χ0n) is 25.3. The summed E-state index contributed by atoms with van der Waals surface area (Å²) in [6, 6.07) is 10.6. The summed E-state index contributed by atoms with van der Waals surface area (Å²) in [6.07, 6.45) is 8.31. The van der Waals surface area contributed by atoms with Gasteiger partial charge in [0.25, 0.3) is 0 Å². The summed E-state index contributed by atoms with van der Waals surface area (Å²) >= 11 is 0. The molecule has 3 fully saturated rings. The average molecular weight is 589 g/mol. The molecular weight excluding hydrogens is 544 g/mol. The molecule has 4 N–H and O–H groups in total. The summed E-state index contributed by atoms with van der Waals surface area (Å²) in [5.74, 6) is 3.18. The summed E-state index contributed by atoms with van der Waals surface area (Å²) in [7, 11) is 0. The van der Waals surface area contributed by atoms with Crippen LogP contribution in [0.3, 0.4) is 0 Å². The number of anilines is 2. The average Bonchev–Trinajstić information content (AvgIpc) is 3.35. The van der Waals surface area contributed by atoms with E-state index in [1.165, 1.54) is 56.9 Å². The third-order valence-corrected chi connectivity index (χ3v) is 9.80. The number of fused-ring (bicyclic) bond motifs is 1. The van der Waals surface area contributed by atoms with E-state index in [2.05, 4.69) is 57.9 Å². The minimum atomic E-state index is -1.38. The molecule has 2 aromatic heterocycles. The molecule has 2 aliphatic carbocycles. The number of hydrogen-bond donors (Lipinski definition) is 3. The van der Waals surface area contributed by atoms with E-state index in [4.69, 9.17) is 25.4 Å². The largest absolute Gasteiger partial charge is 0.463 e. The number of rotatable bonds is 9. The molecule has 1 aliphatic heterocycles. The summed E-state index contributed by atoms with van der Waals surface area (Å²) in [4.78, 5) is 31.9. The van der Waals surface area contributed by atoms with Crippen molar-refractivity contribution in [1.82, 2.24) is 19.5 Å². The molecular formula is C32H44N8O3. The number of ether oxygens (including phenoxy) is 1. The third kappa shape index (κ3) is 6.32. The van der Waals surface area contributed by atoms with Gasteiger partial charge in [-0.15, -0.1) is 0 Å². The second-order valence-corrected chi connectivity index (χ2v) is 12.5. The van der Waals surface area contributed by atoms with Crippen molar-refractivity contribution in [3.8, 4) is 0 Å². The lowest BCUT2D eigenvalue weighted by molar-refractivity contribution is 0.0927. The standard InChI is InChI=1S/C32H44N8O3/c1-3-21-12-14-22(15-13-21)18-40-26-28(34-20(2)23-10-7-11-23)36-30(27(33)35-32(41)42)37-29(26)38-31(40)39-16-17-43-19-25(39)24-8-5-4-6-9-24/h4-6,8-9,20-23,25H,3,7,10-19H2,1-2H3,(H2,33,35)(H,41,42)(H,34,36,37)/t20-,21?,22?,25+/m1/s1. The molecule has 3 heterocycles. The Morgan fingerprint density at radius 1 is 1.12 bits per heavy atom. The molecule has 1 amide bonds. The molecule has 0 spiro atoms. The Kier molecular flexibility index (Phi) is 8.78. The van der Waals surface area contributed by atoms with E-state index in [-0.39, 0.29) is 23.7 Å². The number of aliphatic imine (C=N–C) groups is 1. The van der Waals surface area contributed by atoms with E-state index in [9.17, 15) is 9.90 Å². The molecule has 1 aromatic carbocycles. The van der Waals surface area contributed by atoms with Crippen LogP contribution in [0.25, 0.3) is 11.2 Å². The van der Waals surface area contributed by atoms with Crippen molar-refractivity contribution in [2.45, 2.75) is 83.8 Å². The number of imidazole rings is 1. The van der Waals surface area contributed by atoms with Crippen molar-refractivity contribution in [2.75, 3.05) is 30.0 Å². The number of carboxylic acid groups (broad SMARTS) is 1. The first-order valence-electron chi connectivity index (χ1n) is 15.9. The van der Waals surface area contributed by atoms with Gasteiger partial charge >= 0.3 is 6.09 Å². The second-order valence-electron chi connectivity index (χ2n) is 12.5. The Morgan fingerprint density at radius 3 is 2.53 bits per heavy atom. The number of aromatic nitrogens is 4. The van der Waals surface area contributed by atoms with Crippen molar-refractivity contribution >= 4 is 34.9 Å². The highest BCUT2D eigenvalue weighted by Crippen LogP contribution is 2.38. The van der Waals surface area contributed by atoms with Gasteiger partial charge in [0.2, 0.25) is 5.95 Å². The van der Waals surface area contributed by atoms with E-state index in [1.807, 2.05) is 6.07 Å². The summed E-state index contributed by atoms with van der Waals surface area (Å²) in [6.45, 7) is 7.16. The highest BCUT2D eigenvalue weighted by molar-refractivity contribution is 6.01. The number of amides is 1. The molecule has 2 saturated carbocycles. The van der Waals surface area contributed by atoms with Gasteiger partial charge in [-0.25, -0.2) is 14.8 Å². The van der Waals surface area contributed by atoms with E-state index in [1.54, 1.807) is 0 Å². The van der Waals surface area contributed by atoms with Gasteiger partial charge in [-0.05, 0) is 55.9 Å². The quantitative estimate of drug-likeness (QED) is 0.215. The maximum atomic E-state index is 11.4. The van der Waals surface area contributed by atoms with E-state index < -0.39 is 6.09 Å². The Labute approximate surface area is 253 Å². The predicted octanol–water partition coefficient (Wildman–Crippen LogP) is 5.60. The van der Waals surface area contributed by atoms with E-state index in [0.717, 1.165) is 23.9 Å². The number of benzene rings is 1. The molecule has 0 bridgehead atoms. The van der Waals surface area contributed by atoms with Crippen molar-refractivity contribution in [2.24, 2.45) is 28.5 Å². The van der Waals surface area contributed by atoms with Gasteiger partial charge in [0.05, 0.1) is 19.3 Å². The van der Waals surface area contributed by atoms with Crippen LogP contribution in [0.2, 0.25) is 0 Å². The third-order valence-electron chi connectivity index (χ3n) is 9.80. The highest BCUT2D eigenvalue weighted by atomic mass is 16.5. The number of nitrogens with two attached hydrogens (primary N) is 1. The van der Waals surface area contributed by atoms with Crippen LogP contribution in [0, 0.1) is 17.8 Å². The first-order valence-corrected chi connectivity index (χ1v) is 15.9. The van der Waals surface area contributed by atoms with Gasteiger partial charge in [-0.3, -0.25) is 0 Å². The summed E-state index contributed by atoms with van der Waals surface area (Å²) < 4.78 is 8.30. The number of carbonyl (C=O) groups is 1.